The van der Waals surface area contributed by atoms with Crippen molar-refractivity contribution in [3.8, 4) is 11.5 Å². The van der Waals surface area contributed by atoms with Crippen molar-refractivity contribution < 1.29 is 23.1 Å². The number of hydrogen-bond donors (Lipinski definition) is 1. The molecule has 0 radical (unpaired) electrons. The lowest BCUT2D eigenvalue weighted by molar-refractivity contribution is -0.115. The highest BCUT2D eigenvalue weighted by atomic mass is 19.1. The summed E-state index contributed by atoms with van der Waals surface area (Å²) >= 11 is 0. The SMILES string of the molecule is COc1cc(OC)c2c(C)c(CC(=O)Nc3cccc(F)c3)c(=O)oc2c1. The molecule has 0 saturated heterocycles. The Morgan fingerprint density at radius 3 is 2.63 bits per heavy atom. The molecule has 6 nitrogen and oxygen atoms in total. The van der Waals surface area contributed by atoms with Crippen LogP contribution in [0.1, 0.15) is 11.1 Å². The lowest BCUT2D eigenvalue weighted by Gasteiger charge is -2.12. The van der Waals surface area contributed by atoms with Crippen LogP contribution in [0.2, 0.25) is 0 Å². The average Bonchev–Trinajstić information content (AvgIpc) is 2.64. The summed E-state index contributed by atoms with van der Waals surface area (Å²) in [6.45, 7) is 1.72. The van der Waals surface area contributed by atoms with Crippen molar-refractivity contribution in [1.29, 1.82) is 0 Å². The minimum Gasteiger partial charge on any atom is -0.496 e. The summed E-state index contributed by atoms with van der Waals surface area (Å²) in [5.41, 5.74) is 0.785. The molecular formula is C20H18FNO5. The average molecular weight is 371 g/mol. The van der Waals surface area contributed by atoms with Crippen molar-refractivity contribution in [2.45, 2.75) is 13.3 Å². The molecule has 0 bridgehead atoms. The number of fused-ring (bicyclic) bond motifs is 1. The minimum absolute atomic E-state index is 0.208. The van der Waals surface area contributed by atoms with Crippen LogP contribution < -0.4 is 20.4 Å². The van der Waals surface area contributed by atoms with Gasteiger partial charge >= 0.3 is 5.63 Å². The Bertz CT molecular complexity index is 1070. The Morgan fingerprint density at radius 2 is 1.96 bits per heavy atom. The molecule has 3 rings (SSSR count). The molecule has 0 aliphatic rings. The highest BCUT2D eigenvalue weighted by Crippen LogP contribution is 2.33. The third-order valence-electron chi connectivity index (χ3n) is 4.22. The number of amides is 1. The molecule has 1 N–H and O–H groups in total. The van der Waals surface area contributed by atoms with Crippen molar-refractivity contribution >= 4 is 22.6 Å². The number of methoxy groups -OCH3 is 2. The highest BCUT2D eigenvalue weighted by molar-refractivity contribution is 5.94. The molecule has 0 atom stereocenters. The summed E-state index contributed by atoms with van der Waals surface area (Å²) in [7, 11) is 2.99. The van der Waals surface area contributed by atoms with Crippen molar-refractivity contribution in [2.75, 3.05) is 19.5 Å². The van der Waals surface area contributed by atoms with Gasteiger partial charge in [0.15, 0.2) is 0 Å². The molecule has 1 amide bonds. The monoisotopic (exact) mass is 371 g/mol. The fourth-order valence-electron chi connectivity index (χ4n) is 2.90. The molecule has 0 aliphatic carbocycles. The molecule has 27 heavy (non-hydrogen) atoms. The second-order valence-electron chi connectivity index (χ2n) is 5.93. The van der Waals surface area contributed by atoms with E-state index in [9.17, 15) is 14.0 Å². The molecule has 1 heterocycles. The first-order valence-electron chi connectivity index (χ1n) is 8.16. The number of anilines is 1. The summed E-state index contributed by atoms with van der Waals surface area (Å²) < 4.78 is 29.2. The first-order valence-corrected chi connectivity index (χ1v) is 8.16. The number of ether oxygens (including phenoxy) is 2. The first-order chi connectivity index (χ1) is 12.9. The van der Waals surface area contributed by atoms with Gasteiger partial charge in [0, 0.05) is 17.8 Å². The van der Waals surface area contributed by atoms with Crippen LogP contribution in [0.4, 0.5) is 10.1 Å². The van der Waals surface area contributed by atoms with Gasteiger partial charge in [0.2, 0.25) is 5.91 Å². The lowest BCUT2D eigenvalue weighted by Crippen LogP contribution is -2.20. The van der Waals surface area contributed by atoms with Crippen LogP contribution >= 0.6 is 0 Å². The third kappa shape index (κ3) is 3.76. The maximum atomic E-state index is 13.3. The third-order valence-corrected chi connectivity index (χ3v) is 4.22. The van der Waals surface area contributed by atoms with E-state index in [-0.39, 0.29) is 12.0 Å². The van der Waals surface area contributed by atoms with Gasteiger partial charge in [-0.3, -0.25) is 4.79 Å². The van der Waals surface area contributed by atoms with Gasteiger partial charge in [-0.1, -0.05) is 6.07 Å². The summed E-state index contributed by atoms with van der Waals surface area (Å²) in [5, 5.41) is 3.16. The molecular weight excluding hydrogens is 353 g/mol. The van der Waals surface area contributed by atoms with Gasteiger partial charge in [0.05, 0.1) is 31.6 Å². The van der Waals surface area contributed by atoms with E-state index < -0.39 is 17.3 Å². The quantitative estimate of drug-likeness (QED) is 0.695. The topological polar surface area (TPSA) is 77.8 Å². The number of aryl methyl sites for hydroxylation is 1. The number of halogens is 1. The van der Waals surface area contributed by atoms with Crippen LogP contribution in [0.5, 0.6) is 11.5 Å². The summed E-state index contributed by atoms with van der Waals surface area (Å²) in [6, 6.07) is 8.78. The number of nitrogens with one attached hydrogen (secondary N) is 1. The van der Waals surface area contributed by atoms with Crippen LogP contribution in [0.15, 0.2) is 45.6 Å². The molecule has 0 unspecified atom stereocenters. The van der Waals surface area contributed by atoms with E-state index in [1.54, 1.807) is 25.1 Å². The zero-order valence-electron chi connectivity index (χ0n) is 15.1. The van der Waals surface area contributed by atoms with E-state index in [4.69, 9.17) is 13.9 Å². The Hall–Kier alpha value is -3.35. The predicted octanol–water partition coefficient (Wildman–Crippen LogP) is 3.44. The van der Waals surface area contributed by atoms with Gasteiger partial charge in [-0.25, -0.2) is 9.18 Å². The van der Waals surface area contributed by atoms with Gasteiger partial charge in [-0.2, -0.15) is 0 Å². The molecule has 0 aliphatic heterocycles. The van der Waals surface area contributed by atoms with Crippen LogP contribution in [-0.4, -0.2) is 20.1 Å². The maximum absolute atomic E-state index is 13.3. The standard InChI is InChI=1S/C20H18FNO5/c1-11-15(10-18(23)22-13-6-4-5-12(21)7-13)20(24)27-17-9-14(25-2)8-16(26-3)19(11)17/h4-9H,10H2,1-3H3,(H,22,23). The lowest BCUT2D eigenvalue weighted by atomic mass is 10.0. The molecule has 0 fully saturated rings. The Morgan fingerprint density at radius 1 is 1.19 bits per heavy atom. The molecule has 0 saturated carbocycles. The van der Waals surface area contributed by atoms with E-state index >= 15 is 0 Å². The number of carbonyl (C=O) groups excluding carboxylic acids is 1. The van der Waals surface area contributed by atoms with Gasteiger partial charge in [-0.05, 0) is 30.7 Å². The second-order valence-corrected chi connectivity index (χ2v) is 5.93. The molecule has 3 aromatic rings. The van der Waals surface area contributed by atoms with Crippen LogP contribution in [-0.2, 0) is 11.2 Å². The molecule has 7 heteroatoms. The molecule has 1 aromatic heterocycles. The minimum atomic E-state index is -0.621. The molecule has 140 valence electrons. The number of hydrogen-bond acceptors (Lipinski definition) is 5. The normalized spacial score (nSPS) is 10.7. The summed E-state index contributed by atoms with van der Waals surface area (Å²) in [5.74, 6) is 0.0339. The fourth-order valence-corrected chi connectivity index (χ4v) is 2.90. The highest BCUT2D eigenvalue weighted by Gasteiger charge is 2.19. The first kappa shape index (κ1) is 18.4. The Labute approximate surface area is 154 Å². The van der Waals surface area contributed by atoms with Crippen molar-refractivity contribution in [3.63, 3.8) is 0 Å². The number of carbonyl (C=O) groups is 1. The summed E-state index contributed by atoms with van der Waals surface area (Å²) in [4.78, 5) is 24.7. The predicted molar refractivity (Wildman–Crippen MR) is 99.1 cm³/mol. The van der Waals surface area contributed by atoms with Gasteiger partial charge in [0.1, 0.15) is 22.9 Å². The van der Waals surface area contributed by atoms with Crippen LogP contribution in [0.3, 0.4) is 0 Å². The number of benzene rings is 2. The zero-order chi connectivity index (χ0) is 19.6. The maximum Gasteiger partial charge on any atom is 0.340 e. The Balaban J connectivity index is 1.99. The van der Waals surface area contributed by atoms with E-state index in [2.05, 4.69) is 5.32 Å². The van der Waals surface area contributed by atoms with E-state index in [0.717, 1.165) is 0 Å². The Kier molecular flexibility index (Phi) is 5.12. The van der Waals surface area contributed by atoms with Crippen molar-refractivity contribution in [3.05, 3.63) is 63.8 Å². The largest absolute Gasteiger partial charge is 0.496 e. The van der Waals surface area contributed by atoms with Crippen molar-refractivity contribution in [1.82, 2.24) is 0 Å². The van der Waals surface area contributed by atoms with Gasteiger partial charge in [-0.15, -0.1) is 0 Å². The van der Waals surface area contributed by atoms with Crippen LogP contribution in [0, 0.1) is 12.7 Å². The number of rotatable bonds is 5. The second kappa shape index (κ2) is 7.49. The smallest absolute Gasteiger partial charge is 0.340 e. The van der Waals surface area contributed by atoms with Gasteiger partial charge in [0.25, 0.3) is 0 Å². The fraction of sp³-hybridized carbons (Fsp3) is 0.200. The van der Waals surface area contributed by atoms with Crippen molar-refractivity contribution in [2.24, 2.45) is 0 Å². The van der Waals surface area contributed by atoms with E-state index in [1.165, 1.54) is 32.4 Å². The summed E-state index contributed by atoms with van der Waals surface area (Å²) in [6.07, 6.45) is -0.212. The van der Waals surface area contributed by atoms with Gasteiger partial charge < -0.3 is 19.2 Å². The van der Waals surface area contributed by atoms with Crippen LogP contribution in [0.25, 0.3) is 11.0 Å². The molecule has 0 spiro atoms. The molecule has 2 aromatic carbocycles. The van der Waals surface area contributed by atoms with E-state index in [0.29, 0.717) is 33.7 Å². The zero-order valence-corrected chi connectivity index (χ0v) is 15.1. The van der Waals surface area contributed by atoms with E-state index in [1.807, 2.05) is 0 Å².